The van der Waals surface area contributed by atoms with Crippen LogP contribution in [0.25, 0.3) is 5.57 Å². The molecule has 2 amide bonds. The van der Waals surface area contributed by atoms with Crippen molar-refractivity contribution in [2.75, 3.05) is 19.1 Å². The zero-order chi connectivity index (χ0) is 22.8. The van der Waals surface area contributed by atoms with E-state index in [-0.39, 0.29) is 11.8 Å². The van der Waals surface area contributed by atoms with Crippen LogP contribution < -0.4 is 14.4 Å². The number of thioether (sulfide) groups is 1. The standard InChI is InChI=1S/C26H23NO4S/c1-16-10-11-17(2)20(14-16)27-25(28)23(18-12-13-21(30-3)22(15-18)31-4)24(26(27)29)32-19-8-6-5-7-9-19/h5-15H,1-4H3. The highest BCUT2D eigenvalue weighted by Crippen LogP contribution is 2.43. The van der Waals surface area contributed by atoms with Gasteiger partial charge in [-0.1, -0.05) is 48.2 Å². The van der Waals surface area contributed by atoms with Crippen molar-refractivity contribution in [2.24, 2.45) is 0 Å². The fourth-order valence-corrected chi connectivity index (χ4v) is 4.65. The lowest BCUT2D eigenvalue weighted by Crippen LogP contribution is -2.32. The van der Waals surface area contributed by atoms with Crippen LogP contribution in [0, 0.1) is 13.8 Å². The molecule has 3 aromatic rings. The number of hydrogen-bond acceptors (Lipinski definition) is 5. The van der Waals surface area contributed by atoms with E-state index in [0.29, 0.717) is 33.2 Å². The van der Waals surface area contributed by atoms with Crippen LogP contribution in [0.3, 0.4) is 0 Å². The van der Waals surface area contributed by atoms with Crippen LogP contribution in [-0.4, -0.2) is 26.0 Å². The number of anilines is 1. The van der Waals surface area contributed by atoms with Crippen molar-refractivity contribution < 1.29 is 19.1 Å². The Balaban J connectivity index is 1.88. The van der Waals surface area contributed by atoms with Crippen molar-refractivity contribution in [3.05, 3.63) is 88.3 Å². The van der Waals surface area contributed by atoms with Gasteiger partial charge < -0.3 is 9.47 Å². The summed E-state index contributed by atoms with van der Waals surface area (Å²) in [6.07, 6.45) is 0. The van der Waals surface area contributed by atoms with Crippen molar-refractivity contribution in [2.45, 2.75) is 18.7 Å². The molecule has 0 unspecified atom stereocenters. The van der Waals surface area contributed by atoms with Gasteiger partial charge in [0.05, 0.1) is 30.4 Å². The molecule has 0 bridgehead atoms. The Labute approximate surface area is 191 Å². The smallest absolute Gasteiger partial charge is 0.272 e. The van der Waals surface area contributed by atoms with Crippen LogP contribution in [0.1, 0.15) is 16.7 Å². The Hall–Kier alpha value is -3.51. The summed E-state index contributed by atoms with van der Waals surface area (Å²) in [7, 11) is 3.10. The lowest BCUT2D eigenvalue weighted by atomic mass is 10.0. The molecule has 4 rings (SSSR count). The number of hydrogen-bond donors (Lipinski definition) is 0. The molecular weight excluding hydrogens is 422 g/mol. The van der Waals surface area contributed by atoms with Crippen LogP contribution in [0.15, 0.2) is 76.5 Å². The number of ether oxygens (including phenoxy) is 2. The van der Waals surface area contributed by atoms with E-state index in [9.17, 15) is 9.59 Å². The number of nitrogens with zero attached hydrogens (tertiary/aromatic N) is 1. The van der Waals surface area contributed by atoms with E-state index >= 15 is 0 Å². The molecule has 5 nitrogen and oxygen atoms in total. The first-order valence-electron chi connectivity index (χ1n) is 10.1. The summed E-state index contributed by atoms with van der Waals surface area (Å²) < 4.78 is 10.8. The number of carbonyl (C=O) groups is 2. The Bertz CT molecular complexity index is 1230. The van der Waals surface area contributed by atoms with Gasteiger partial charge in [-0.2, -0.15) is 0 Å². The number of methoxy groups -OCH3 is 2. The highest BCUT2D eigenvalue weighted by atomic mass is 32.2. The van der Waals surface area contributed by atoms with E-state index < -0.39 is 0 Å². The third-order valence-electron chi connectivity index (χ3n) is 5.28. The topological polar surface area (TPSA) is 55.8 Å². The lowest BCUT2D eigenvalue weighted by molar-refractivity contribution is -0.119. The Morgan fingerprint density at radius 1 is 0.781 bits per heavy atom. The molecule has 0 aliphatic carbocycles. The first-order chi connectivity index (χ1) is 15.4. The number of imide groups is 1. The molecule has 1 aliphatic rings. The van der Waals surface area contributed by atoms with E-state index in [4.69, 9.17) is 9.47 Å². The molecule has 0 saturated carbocycles. The third-order valence-corrected chi connectivity index (χ3v) is 6.37. The molecule has 0 aromatic heterocycles. The van der Waals surface area contributed by atoms with E-state index in [1.165, 1.54) is 16.7 Å². The maximum absolute atomic E-state index is 13.7. The van der Waals surface area contributed by atoms with Gasteiger partial charge in [-0.05, 0) is 60.9 Å². The number of amides is 2. The molecule has 0 N–H and O–H groups in total. The number of rotatable bonds is 6. The van der Waals surface area contributed by atoms with Gasteiger partial charge in [0.15, 0.2) is 11.5 Å². The molecule has 3 aromatic carbocycles. The quantitative estimate of drug-likeness (QED) is 0.476. The van der Waals surface area contributed by atoms with Gasteiger partial charge in [0, 0.05) is 4.90 Å². The minimum absolute atomic E-state index is 0.331. The van der Waals surface area contributed by atoms with Crippen molar-refractivity contribution in [3.8, 4) is 11.5 Å². The molecule has 1 heterocycles. The first-order valence-corrected chi connectivity index (χ1v) is 10.9. The summed E-state index contributed by atoms with van der Waals surface area (Å²) in [5, 5.41) is 0. The van der Waals surface area contributed by atoms with Crippen molar-refractivity contribution in [1.29, 1.82) is 0 Å². The van der Waals surface area contributed by atoms with E-state index in [2.05, 4.69) is 0 Å². The van der Waals surface area contributed by atoms with Gasteiger partial charge in [0.2, 0.25) is 0 Å². The zero-order valence-electron chi connectivity index (χ0n) is 18.3. The molecule has 0 atom stereocenters. The van der Waals surface area contributed by atoms with Crippen molar-refractivity contribution in [1.82, 2.24) is 0 Å². The van der Waals surface area contributed by atoms with Crippen LogP contribution in [0.2, 0.25) is 0 Å². The van der Waals surface area contributed by atoms with Gasteiger partial charge in [-0.15, -0.1) is 0 Å². The van der Waals surface area contributed by atoms with Gasteiger partial charge >= 0.3 is 0 Å². The summed E-state index contributed by atoms with van der Waals surface area (Å²) in [6, 6.07) is 20.6. The van der Waals surface area contributed by atoms with E-state index in [1.54, 1.807) is 32.4 Å². The predicted molar refractivity (Wildman–Crippen MR) is 127 cm³/mol. The zero-order valence-corrected chi connectivity index (χ0v) is 19.2. The maximum Gasteiger partial charge on any atom is 0.272 e. The maximum atomic E-state index is 13.7. The Kier molecular flexibility index (Phi) is 6.06. The fraction of sp³-hybridized carbons (Fsp3) is 0.154. The average molecular weight is 446 g/mol. The summed E-state index contributed by atoms with van der Waals surface area (Å²) >= 11 is 1.29. The first kappa shape index (κ1) is 21.7. The number of benzene rings is 3. The van der Waals surface area contributed by atoms with E-state index in [0.717, 1.165) is 16.0 Å². The predicted octanol–water partition coefficient (Wildman–Crippen LogP) is 5.40. The average Bonchev–Trinajstić information content (AvgIpc) is 3.04. The van der Waals surface area contributed by atoms with E-state index in [1.807, 2.05) is 62.4 Å². The highest BCUT2D eigenvalue weighted by Gasteiger charge is 2.41. The molecule has 6 heteroatoms. The second-order valence-corrected chi connectivity index (χ2v) is 8.51. The SMILES string of the molecule is COc1ccc(C2=C(Sc3ccccc3)C(=O)N(c3cc(C)ccc3C)C2=O)cc1OC. The molecule has 0 saturated heterocycles. The summed E-state index contributed by atoms with van der Waals surface area (Å²) in [5.74, 6) is 0.362. The lowest BCUT2D eigenvalue weighted by Gasteiger charge is -2.18. The minimum atomic E-state index is -0.352. The molecule has 32 heavy (non-hydrogen) atoms. The second-order valence-electron chi connectivity index (χ2n) is 7.42. The summed E-state index contributed by atoms with van der Waals surface area (Å²) in [5.41, 5.74) is 3.39. The second kappa shape index (κ2) is 8.93. The van der Waals surface area contributed by atoms with Crippen molar-refractivity contribution >= 4 is 34.8 Å². The normalized spacial score (nSPS) is 13.7. The van der Waals surface area contributed by atoms with Crippen molar-refractivity contribution in [3.63, 3.8) is 0 Å². The monoisotopic (exact) mass is 445 g/mol. The van der Waals surface area contributed by atoms with Crippen LogP contribution >= 0.6 is 11.8 Å². The van der Waals surface area contributed by atoms with Crippen LogP contribution in [-0.2, 0) is 9.59 Å². The fourth-order valence-electron chi connectivity index (χ4n) is 3.64. The Morgan fingerprint density at radius 3 is 2.19 bits per heavy atom. The summed E-state index contributed by atoms with van der Waals surface area (Å²) in [6.45, 7) is 3.84. The Morgan fingerprint density at radius 2 is 1.50 bits per heavy atom. The van der Waals surface area contributed by atoms with Crippen LogP contribution in [0.5, 0.6) is 11.5 Å². The molecule has 0 fully saturated rings. The summed E-state index contributed by atoms with van der Waals surface area (Å²) in [4.78, 5) is 29.9. The molecule has 0 spiro atoms. The molecule has 162 valence electrons. The van der Waals surface area contributed by atoms with Gasteiger partial charge in [-0.25, -0.2) is 4.90 Å². The molecular formula is C26H23NO4S. The molecule has 1 aliphatic heterocycles. The largest absolute Gasteiger partial charge is 0.493 e. The molecule has 0 radical (unpaired) electrons. The number of carbonyl (C=O) groups excluding carboxylic acids is 2. The highest BCUT2D eigenvalue weighted by molar-refractivity contribution is 8.04. The minimum Gasteiger partial charge on any atom is -0.493 e. The third kappa shape index (κ3) is 3.89. The van der Waals surface area contributed by atoms with Gasteiger partial charge in [0.1, 0.15) is 0 Å². The number of aryl methyl sites for hydroxylation is 2. The van der Waals surface area contributed by atoms with Gasteiger partial charge in [-0.3, -0.25) is 9.59 Å². The van der Waals surface area contributed by atoms with Crippen LogP contribution in [0.4, 0.5) is 5.69 Å². The van der Waals surface area contributed by atoms with Gasteiger partial charge in [0.25, 0.3) is 11.8 Å².